The first-order valence-corrected chi connectivity index (χ1v) is 21.5. The lowest BCUT2D eigenvalue weighted by atomic mass is 9.88. The van der Waals surface area contributed by atoms with Gasteiger partial charge in [0.15, 0.2) is 0 Å². The van der Waals surface area contributed by atoms with E-state index in [0.717, 1.165) is 66.9 Å². The van der Waals surface area contributed by atoms with Crippen molar-refractivity contribution in [3.05, 3.63) is 243 Å². The van der Waals surface area contributed by atoms with E-state index < -0.39 is 0 Å². The highest BCUT2D eigenvalue weighted by Gasteiger charge is 2.21. The molecule has 0 aliphatic carbocycles. The van der Waals surface area contributed by atoms with Crippen LogP contribution in [-0.4, -0.2) is 4.57 Å². The first kappa shape index (κ1) is 36.5. The molecule has 0 aliphatic heterocycles. The molecule has 12 aromatic rings. The summed E-state index contributed by atoms with van der Waals surface area (Å²) in [6.07, 6.45) is 0. The zero-order chi connectivity index (χ0) is 41.7. The monoisotopic (exact) mass is 804 g/mol. The molecule has 0 N–H and O–H groups in total. The molecule has 0 aliphatic rings. The number of fused-ring (bicyclic) bond motifs is 6. The Morgan fingerprint density at radius 1 is 0.302 bits per heavy atom. The second-order valence-corrected chi connectivity index (χ2v) is 16.1. The minimum absolute atomic E-state index is 0.871. The van der Waals surface area contributed by atoms with E-state index in [1.54, 1.807) is 0 Å². The van der Waals surface area contributed by atoms with E-state index in [2.05, 4.69) is 240 Å². The maximum Gasteiger partial charge on any atom is 0.135 e. The fraction of sp³-hybridized carbons (Fsp3) is 0. The Morgan fingerprint density at radius 3 is 1.46 bits per heavy atom. The molecule has 2 aromatic heterocycles. The van der Waals surface area contributed by atoms with Crippen LogP contribution in [0.1, 0.15) is 0 Å². The maximum absolute atomic E-state index is 6.32. The molecule has 0 unspecified atom stereocenters. The van der Waals surface area contributed by atoms with E-state index in [1.165, 1.54) is 44.1 Å². The number of benzene rings is 10. The molecular weight excluding hydrogens is 765 g/mol. The van der Waals surface area contributed by atoms with Gasteiger partial charge in [0.25, 0.3) is 0 Å². The summed E-state index contributed by atoms with van der Waals surface area (Å²) in [5.74, 6) is 0. The minimum atomic E-state index is 0.871. The fourth-order valence-corrected chi connectivity index (χ4v) is 9.52. The summed E-state index contributed by atoms with van der Waals surface area (Å²) in [5.41, 5.74) is 17.9. The molecule has 0 bridgehead atoms. The van der Waals surface area contributed by atoms with Crippen LogP contribution in [0.4, 0.5) is 17.1 Å². The van der Waals surface area contributed by atoms with Gasteiger partial charge in [-0.2, -0.15) is 0 Å². The van der Waals surface area contributed by atoms with E-state index in [0.29, 0.717) is 0 Å². The third-order valence-electron chi connectivity index (χ3n) is 12.4. The average molecular weight is 805 g/mol. The molecule has 0 radical (unpaired) electrons. The van der Waals surface area contributed by atoms with Crippen LogP contribution in [0.2, 0.25) is 0 Å². The molecule has 0 saturated heterocycles. The van der Waals surface area contributed by atoms with Crippen molar-refractivity contribution in [1.82, 2.24) is 4.57 Å². The van der Waals surface area contributed by atoms with Gasteiger partial charge >= 0.3 is 0 Å². The van der Waals surface area contributed by atoms with Gasteiger partial charge in [0.1, 0.15) is 11.2 Å². The summed E-state index contributed by atoms with van der Waals surface area (Å²) in [5, 5.41) is 4.71. The predicted octanol–water partition coefficient (Wildman–Crippen LogP) is 16.8. The third kappa shape index (κ3) is 6.29. The van der Waals surface area contributed by atoms with Crippen molar-refractivity contribution in [2.75, 3.05) is 4.90 Å². The Bertz CT molecular complexity index is 3560. The third-order valence-corrected chi connectivity index (χ3v) is 12.4. The van der Waals surface area contributed by atoms with Gasteiger partial charge < -0.3 is 13.9 Å². The Labute approximate surface area is 366 Å². The van der Waals surface area contributed by atoms with Crippen LogP contribution in [0.25, 0.3) is 93.9 Å². The van der Waals surface area contributed by atoms with Gasteiger partial charge in [-0.1, -0.05) is 176 Å². The van der Waals surface area contributed by atoms with Crippen LogP contribution in [0.3, 0.4) is 0 Å². The molecule has 0 fully saturated rings. The normalized spacial score (nSPS) is 11.5. The number of rotatable bonds is 8. The van der Waals surface area contributed by atoms with Crippen molar-refractivity contribution in [2.45, 2.75) is 0 Å². The first-order chi connectivity index (χ1) is 31.3. The standard InChI is InChI=1S/C60H40N2O/c1-2-16-43(17-3-1)47-18-4-5-19-48(47)49-20-6-7-21-50(49)51-22-8-12-26-56(51)61(46-38-39-60-55(40-46)54-25-11-15-29-59(54)63-60)44-34-30-41(31-35-44)42-32-36-45(37-33-42)62-57-27-13-9-23-52(57)53-24-10-14-28-58(53)62/h1-40H. The Morgan fingerprint density at radius 2 is 0.778 bits per heavy atom. The molecule has 0 saturated carbocycles. The number of para-hydroxylation sites is 4. The van der Waals surface area contributed by atoms with E-state index >= 15 is 0 Å². The molecular formula is C60H40N2O. The topological polar surface area (TPSA) is 21.3 Å². The largest absolute Gasteiger partial charge is 0.456 e. The number of anilines is 3. The molecule has 3 nitrogen and oxygen atoms in total. The highest BCUT2D eigenvalue weighted by molar-refractivity contribution is 6.09. The Balaban J connectivity index is 0.982. The molecule has 296 valence electrons. The van der Waals surface area contributed by atoms with Crippen molar-refractivity contribution in [2.24, 2.45) is 0 Å². The number of hydrogen-bond acceptors (Lipinski definition) is 2. The predicted molar refractivity (Wildman–Crippen MR) is 264 cm³/mol. The van der Waals surface area contributed by atoms with Crippen molar-refractivity contribution in [3.63, 3.8) is 0 Å². The van der Waals surface area contributed by atoms with Crippen LogP contribution < -0.4 is 4.90 Å². The fourth-order valence-electron chi connectivity index (χ4n) is 9.52. The summed E-state index contributed by atoms with van der Waals surface area (Å²) < 4.78 is 8.69. The van der Waals surface area contributed by atoms with Crippen molar-refractivity contribution < 1.29 is 4.42 Å². The van der Waals surface area contributed by atoms with E-state index in [-0.39, 0.29) is 0 Å². The Hall–Kier alpha value is -8.40. The molecule has 2 heterocycles. The van der Waals surface area contributed by atoms with Crippen molar-refractivity contribution in [1.29, 1.82) is 0 Å². The highest BCUT2D eigenvalue weighted by atomic mass is 16.3. The number of hydrogen-bond donors (Lipinski definition) is 0. The van der Waals surface area contributed by atoms with Gasteiger partial charge in [0.05, 0.1) is 16.7 Å². The molecule has 63 heavy (non-hydrogen) atoms. The lowest BCUT2D eigenvalue weighted by molar-refractivity contribution is 0.669. The SMILES string of the molecule is c1ccc(-c2ccccc2-c2ccccc2-c2ccccc2N(c2ccc(-c3ccc(-n4c5ccccc5c5ccccc54)cc3)cc2)c2ccc3oc4ccccc4c3c2)cc1. The molecule has 0 amide bonds. The van der Waals surface area contributed by atoms with Crippen LogP contribution >= 0.6 is 0 Å². The Kier molecular flexibility index (Phi) is 8.83. The summed E-state index contributed by atoms with van der Waals surface area (Å²) >= 11 is 0. The number of furan rings is 1. The maximum atomic E-state index is 6.32. The summed E-state index contributed by atoms with van der Waals surface area (Å²) in [7, 11) is 0. The molecule has 10 aromatic carbocycles. The highest BCUT2D eigenvalue weighted by Crippen LogP contribution is 2.46. The van der Waals surface area contributed by atoms with Crippen LogP contribution in [0.5, 0.6) is 0 Å². The van der Waals surface area contributed by atoms with Gasteiger partial charge in [-0.05, 0) is 106 Å². The van der Waals surface area contributed by atoms with Crippen LogP contribution in [-0.2, 0) is 0 Å². The van der Waals surface area contributed by atoms with Gasteiger partial charge in [-0.25, -0.2) is 0 Å². The number of nitrogens with zero attached hydrogens (tertiary/aromatic N) is 2. The zero-order valence-corrected chi connectivity index (χ0v) is 34.4. The second kappa shape index (κ2) is 15.3. The van der Waals surface area contributed by atoms with Gasteiger partial charge in [0, 0.05) is 44.2 Å². The summed E-state index contributed by atoms with van der Waals surface area (Å²) in [6, 6.07) is 87.1. The number of aromatic nitrogens is 1. The molecule has 3 heteroatoms. The minimum Gasteiger partial charge on any atom is -0.456 e. The molecule has 0 atom stereocenters. The summed E-state index contributed by atoms with van der Waals surface area (Å²) in [4.78, 5) is 2.39. The quantitative estimate of drug-likeness (QED) is 0.153. The van der Waals surface area contributed by atoms with Crippen LogP contribution in [0, 0.1) is 0 Å². The lowest BCUT2D eigenvalue weighted by Gasteiger charge is -2.29. The van der Waals surface area contributed by atoms with Crippen molar-refractivity contribution >= 4 is 60.8 Å². The van der Waals surface area contributed by atoms with Gasteiger partial charge in [-0.15, -0.1) is 0 Å². The first-order valence-electron chi connectivity index (χ1n) is 21.5. The van der Waals surface area contributed by atoms with E-state index in [4.69, 9.17) is 4.42 Å². The molecule has 0 spiro atoms. The second-order valence-electron chi connectivity index (χ2n) is 16.1. The molecule has 12 rings (SSSR count). The smallest absolute Gasteiger partial charge is 0.135 e. The zero-order valence-electron chi connectivity index (χ0n) is 34.4. The van der Waals surface area contributed by atoms with Gasteiger partial charge in [0.2, 0.25) is 0 Å². The van der Waals surface area contributed by atoms with Crippen LogP contribution in [0.15, 0.2) is 247 Å². The van der Waals surface area contributed by atoms with Gasteiger partial charge in [-0.3, -0.25) is 0 Å². The van der Waals surface area contributed by atoms with E-state index in [1.807, 2.05) is 12.1 Å². The lowest BCUT2D eigenvalue weighted by Crippen LogP contribution is -2.11. The average Bonchev–Trinajstić information content (AvgIpc) is 3.90. The van der Waals surface area contributed by atoms with Crippen molar-refractivity contribution in [3.8, 4) is 50.2 Å². The summed E-state index contributed by atoms with van der Waals surface area (Å²) in [6.45, 7) is 0. The van der Waals surface area contributed by atoms with E-state index in [9.17, 15) is 0 Å².